The topological polar surface area (TPSA) is 84.1 Å². The molecule has 1 fully saturated rings. The van der Waals surface area contributed by atoms with Gasteiger partial charge in [-0.15, -0.1) is 6.58 Å². The van der Waals surface area contributed by atoms with Gasteiger partial charge in [-0.25, -0.2) is 4.98 Å². The Bertz CT molecular complexity index is 812. The van der Waals surface area contributed by atoms with Gasteiger partial charge in [0.1, 0.15) is 29.9 Å². The maximum atomic E-state index is 6.40. The molecule has 30 heavy (non-hydrogen) atoms. The second-order valence-corrected chi connectivity index (χ2v) is 7.25. The molecule has 1 N–H and O–H groups in total. The Labute approximate surface area is 177 Å². The molecule has 1 aromatic heterocycles. The van der Waals surface area contributed by atoms with Crippen molar-refractivity contribution in [2.75, 3.05) is 21.3 Å². The standard InChI is InChI=1S/C22H30N2O6/c1-7-17-18(30-22(3,27-6)21(2,26-5)29-17)19(20-23-12-13-24-20)28-14-15-8-10-16(25-4)11-9-15/h7-13,17-19H,1,14H2,2-6H3,(H,23,24)/t17-,18+,19+,21+,22+/m1/s1. The first kappa shape index (κ1) is 22.5. The van der Waals surface area contributed by atoms with Crippen LogP contribution in [0, 0.1) is 0 Å². The number of hydrogen-bond acceptors (Lipinski definition) is 7. The van der Waals surface area contributed by atoms with E-state index in [1.165, 1.54) is 0 Å². The number of imidazole rings is 1. The molecule has 1 saturated heterocycles. The van der Waals surface area contributed by atoms with Gasteiger partial charge in [0.25, 0.3) is 0 Å². The number of ether oxygens (including phenoxy) is 6. The van der Waals surface area contributed by atoms with Crippen LogP contribution < -0.4 is 4.74 Å². The molecule has 1 aromatic carbocycles. The maximum Gasteiger partial charge on any atom is 0.220 e. The minimum atomic E-state index is -1.18. The van der Waals surface area contributed by atoms with E-state index in [9.17, 15) is 0 Å². The minimum absolute atomic E-state index is 0.338. The summed E-state index contributed by atoms with van der Waals surface area (Å²) >= 11 is 0. The van der Waals surface area contributed by atoms with E-state index in [0.717, 1.165) is 11.3 Å². The van der Waals surface area contributed by atoms with E-state index in [1.54, 1.807) is 53.6 Å². The third kappa shape index (κ3) is 4.28. The molecule has 8 heteroatoms. The lowest BCUT2D eigenvalue weighted by molar-refractivity contribution is -0.450. The molecule has 1 aliphatic heterocycles. The average Bonchev–Trinajstić information content (AvgIpc) is 3.31. The van der Waals surface area contributed by atoms with Crippen LogP contribution in [0.25, 0.3) is 0 Å². The van der Waals surface area contributed by atoms with E-state index in [2.05, 4.69) is 16.5 Å². The van der Waals surface area contributed by atoms with Crippen molar-refractivity contribution in [1.29, 1.82) is 0 Å². The smallest absolute Gasteiger partial charge is 0.220 e. The Hall–Kier alpha value is -2.23. The first-order valence-corrected chi connectivity index (χ1v) is 9.72. The van der Waals surface area contributed by atoms with Crippen molar-refractivity contribution in [3.05, 3.63) is 60.7 Å². The van der Waals surface area contributed by atoms with Gasteiger partial charge in [-0.2, -0.15) is 0 Å². The molecule has 0 saturated carbocycles. The highest BCUT2D eigenvalue weighted by Gasteiger charge is 2.58. The van der Waals surface area contributed by atoms with E-state index < -0.39 is 29.9 Å². The number of rotatable bonds is 9. The van der Waals surface area contributed by atoms with Crippen LogP contribution in [0.1, 0.15) is 31.3 Å². The van der Waals surface area contributed by atoms with Gasteiger partial charge in [0.05, 0.1) is 13.7 Å². The average molecular weight is 418 g/mol. The molecule has 0 amide bonds. The fourth-order valence-corrected chi connectivity index (χ4v) is 3.42. The van der Waals surface area contributed by atoms with Crippen LogP contribution in [0.4, 0.5) is 0 Å². The SMILES string of the molecule is C=C[C@H]1O[C@](C)(OC)[C@@](C)(OC)O[C@@H]1[C@H](OCc1ccc(OC)cc1)c1ncc[nH]1. The predicted molar refractivity (Wildman–Crippen MR) is 110 cm³/mol. The minimum Gasteiger partial charge on any atom is -0.497 e. The van der Waals surface area contributed by atoms with Crippen molar-refractivity contribution in [1.82, 2.24) is 9.97 Å². The Balaban J connectivity index is 1.87. The van der Waals surface area contributed by atoms with Crippen LogP contribution in [-0.2, 0) is 30.3 Å². The second kappa shape index (κ2) is 9.28. The van der Waals surface area contributed by atoms with E-state index >= 15 is 0 Å². The second-order valence-electron chi connectivity index (χ2n) is 7.25. The van der Waals surface area contributed by atoms with E-state index in [0.29, 0.717) is 12.4 Å². The zero-order chi connectivity index (χ0) is 21.8. The predicted octanol–water partition coefficient (Wildman–Crippen LogP) is 3.37. The molecule has 164 valence electrons. The third-order valence-corrected chi connectivity index (χ3v) is 5.56. The monoisotopic (exact) mass is 418 g/mol. The first-order chi connectivity index (χ1) is 14.4. The van der Waals surface area contributed by atoms with Gasteiger partial charge < -0.3 is 33.4 Å². The molecular weight excluding hydrogens is 388 g/mol. The Morgan fingerprint density at radius 2 is 1.80 bits per heavy atom. The maximum absolute atomic E-state index is 6.40. The van der Waals surface area contributed by atoms with Crippen molar-refractivity contribution in [2.45, 2.75) is 50.3 Å². The lowest BCUT2D eigenvalue weighted by Crippen LogP contribution is -2.65. The lowest BCUT2D eigenvalue weighted by Gasteiger charge is -2.52. The van der Waals surface area contributed by atoms with E-state index in [-0.39, 0.29) is 0 Å². The third-order valence-electron chi connectivity index (χ3n) is 5.56. The van der Waals surface area contributed by atoms with Crippen molar-refractivity contribution in [3.8, 4) is 5.75 Å². The van der Waals surface area contributed by atoms with E-state index in [1.807, 2.05) is 24.3 Å². The number of hydrogen-bond donors (Lipinski definition) is 1. The van der Waals surface area contributed by atoms with Crippen molar-refractivity contribution < 1.29 is 28.4 Å². The summed E-state index contributed by atoms with van der Waals surface area (Å²) in [5.41, 5.74) is 0.982. The van der Waals surface area contributed by atoms with Crippen LogP contribution in [0.5, 0.6) is 5.75 Å². The quantitative estimate of drug-likeness (QED) is 0.625. The normalized spacial score (nSPS) is 30.0. The summed E-state index contributed by atoms with van der Waals surface area (Å²) in [4.78, 5) is 7.50. The first-order valence-electron chi connectivity index (χ1n) is 9.72. The van der Waals surface area contributed by atoms with Gasteiger partial charge in [0.2, 0.25) is 11.6 Å². The number of methoxy groups -OCH3 is 3. The van der Waals surface area contributed by atoms with Gasteiger partial charge >= 0.3 is 0 Å². The molecular formula is C22H30N2O6. The summed E-state index contributed by atoms with van der Waals surface area (Å²) in [6.45, 7) is 7.78. The molecule has 1 aliphatic rings. The summed E-state index contributed by atoms with van der Waals surface area (Å²) in [5, 5.41) is 0. The summed E-state index contributed by atoms with van der Waals surface area (Å²) in [6.07, 6.45) is 3.40. The molecule has 2 aromatic rings. The molecule has 3 rings (SSSR count). The lowest BCUT2D eigenvalue weighted by atomic mass is 9.99. The van der Waals surface area contributed by atoms with E-state index in [4.69, 9.17) is 28.4 Å². The summed E-state index contributed by atoms with van der Waals surface area (Å²) < 4.78 is 35.4. The number of H-pyrrole nitrogens is 1. The fraction of sp³-hybridized carbons (Fsp3) is 0.500. The van der Waals surface area contributed by atoms with Crippen LogP contribution >= 0.6 is 0 Å². The van der Waals surface area contributed by atoms with Crippen LogP contribution in [0.15, 0.2) is 49.3 Å². The Kier molecular flexibility index (Phi) is 6.95. The van der Waals surface area contributed by atoms with Crippen LogP contribution in [0.3, 0.4) is 0 Å². The van der Waals surface area contributed by atoms with Gasteiger partial charge in [-0.3, -0.25) is 0 Å². The summed E-state index contributed by atoms with van der Waals surface area (Å²) in [7, 11) is 4.73. The Morgan fingerprint density at radius 3 is 2.33 bits per heavy atom. The van der Waals surface area contributed by atoms with Crippen molar-refractivity contribution >= 4 is 0 Å². The molecule has 2 heterocycles. The van der Waals surface area contributed by atoms with Crippen LogP contribution in [-0.4, -0.2) is 55.1 Å². The molecule has 0 spiro atoms. The van der Waals surface area contributed by atoms with Gasteiger partial charge in [-0.1, -0.05) is 18.2 Å². The molecule has 0 radical (unpaired) electrons. The highest BCUT2D eigenvalue weighted by molar-refractivity contribution is 5.26. The van der Waals surface area contributed by atoms with Gasteiger partial charge in [0.15, 0.2) is 0 Å². The molecule has 8 nitrogen and oxygen atoms in total. The number of aromatic nitrogens is 2. The van der Waals surface area contributed by atoms with Crippen molar-refractivity contribution in [2.24, 2.45) is 0 Å². The molecule has 0 unspecified atom stereocenters. The highest BCUT2D eigenvalue weighted by atomic mass is 16.8. The van der Waals surface area contributed by atoms with Crippen LogP contribution in [0.2, 0.25) is 0 Å². The molecule has 0 bridgehead atoms. The molecule has 5 atom stereocenters. The summed E-state index contributed by atoms with van der Waals surface area (Å²) in [6, 6.07) is 7.67. The molecule has 0 aliphatic carbocycles. The van der Waals surface area contributed by atoms with Gasteiger partial charge in [-0.05, 0) is 31.5 Å². The number of nitrogens with one attached hydrogen (secondary N) is 1. The fourth-order valence-electron chi connectivity index (χ4n) is 3.42. The Morgan fingerprint density at radius 1 is 1.13 bits per heavy atom. The summed E-state index contributed by atoms with van der Waals surface area (Å²) in [5.74, 6) is -0.920. The number of nitrogens with zero attached hydrogens (tertiary/aromatic N) is 1. The van der Waals surface area contributed by atoms with Gasteiger partial charge in [0, 0.05) is 26.6 Å². The number of aromatic amines is 1. The zero-order valence-electron chi connectivity index (χ0n) is 18.1. The largest absolute Gasteiger partial charge is 0.497 e. The number of benzene rings is 1. The van der Waals surface area contributed by atoms with Crippen molar-refractivity contribution in [3.63, 3.8) is 0 Å². The zero-order valence-corrected chi connectivity index (χ0v) is 18.1. The highest BCUT2D eigenvalue weighted by Crippen LogP contribution is 2.43.